The minimum Gasteiger partial charge on any atom is -0.361 e. The van der Waals surface area contributed by atoms with Gasteiger partial charge in [0.2, 0.25) is 0 Å². The van der Waals surface area contributed by atoms with E-state index in [0.717, 1.165) is 22.0 Å². The van der Waals surface area contributed by atoms with E-state index in [9.17, 15) is 14.9 Å². The molecule has 0 saturated heterocycles. The number of aromatic amines is 1. The number of nitro benzene ring substituents is 1. The van der Waals surface area contributed by atoms with E-state index in [1.165, 1.54) is 16.8 Å². The third kappa shape index (κ3) is 4.16. The van der Waals surface area contributed by atoms with E-state index in [0.29, 0.717) is 12.2 Å². The molecule has 1 atom stereocenters. The summed E-state index contributed by atoms with van der Waals surface area (Å²) >= 11 is 0. The van der Waals surface area contributed by atoms with Gasteiger partial charge >= 0.3 is 0 Å². The molecule has 0 bridgehead atoms. The number of carbonyl (C=O) groups excluding carboxylic acids is 1. The Balaban J connectivity index is 1.38. The van der Waals surface area contributed by atoms with Crippen molar-refractivity contribution in [2.75, 3.05) is 6.54 Å². The van der Waals surface area contributed by atoms with Crippen molar-refractivity contribution in [3.05, 3.63) is 124 Å². The number of amides is 1. The van der Waals surface area contributed by atoms with Crippen LogP contribution in [0.5, 0.6) is 0 Å². The third-order valence-electron chi connectivity index (χ3n) is 5.79. The summed E-state index contributed by atoms with van der Waals surface area (Å²) in [5.74, 6) is -0.370. The number of aromatic nitrogens is 3. The van der Waals surface area contributed by atoms with Gasteiger partial charge in [0.25, 0.3) is 11.6 Å². The van der Waals surface area contributed by atoms with E-state index in [2.05, 4.69) is 33.6 Å². The van der Waals surface area contributed by atoms with Crippen LogP contribution in [0.4, 0.5) is 5.69 Å². The molecule has 2 N–H and O–H groups in total. The van der Waals surface area contributed by atoms with Crippen LogP contribution in [0.25, 0.3) is 16.6 Å². The summed E-state index contributed by atoms with van der Waals surface area (Å²) in [6.45, 7) is 0.383. The second kappa shape index (κ2) is 9.03. The number of nitrogens with one attached hydrogen (secondary N) is 2. The fourth-order valence-corrected chi connectivity index (χ4v) is 4.10. The van der Waals surface area contributed by atoms with Crippen molar-refractivity contribution in [2.24, 2.45) is 0 Å². The van der Waals surface area contributed by atoms with Gasteiger partial charge in [-0.1, -0.05) is 54.6 Å². The summed E-state index contributed by atoms with van der Waals surface area (Å²) in [6, 6.07) is 25.8. The van der Waals surface area contributed by atoms with Crippen LogP contribution < -0.4 is 5.32 Å². The molecule has 34 heavy (non-hydrogen) atoms. The van der Waals surface area contributed by atoms with Gasteiger partial charge in [-0.15, -0.1) is 0 Å². The molecule has 8 nitrogen and oxygen atoms in total. The second-order valence-corrected chi connectivity index (χ2v) is 7.89. The van der Waals surface area contributed by atoms with Crippen molar-refractivity contribution in [1.82, 2.24) is 20.1 Å². The van der Waals surface area contributed by atoms with Gasteiger partial charge in [0, 0.05) is 47.9 Å². The average molecular weight is 451 g/mol. The lowest BCUT2D eigenvalue weighted by molar-refractivity contribution is -0.384. The number of hydrogen-bond acceptors (Lipinski definition) is 4. The molecule has 2 heterocycles. The molecule has 0 fully saturated rings. The number of non-ortho nitro benzene ring substituents is 1. The maximum Gasteiger partial charge on any atom is 0.271 e. The number of para-hydroxylation sites is 1. The van der Waals surface area contributed by atoms with Gasteiger partial charge in [-0.25, -0.2) is 4.68 Å². The zero-order chi connectivity index (χ0) is 23.5. The van der Waals surface area contributed by atoms with Crippen molar-refractivity contribution in [1.29, 1.82) is 0 Å². The molecule has 3 aromatic carbocycles. The Labute approximate surface area is 195 Å². The quantitative estimate of drug-likeness (QED) is 0.273. The monoisotopic (exact) mass is 451 g/mol. The number of benzene rings is 3. The van der Waals surface area contributed by atoms with Crippen LogP contribution >= 0.6 is 0 Å². The van der Waals surface area contributed by atoms with Gasteiger partial charge in [0.05, 0.1) is 10.6 Å². The second-order valence-electron chi connectivity index (χ2n) is 7.89. The fourth-order valence-electron chi connectivity index (χ4n) is 4.10. The van der Waals surface area contributed by atoms with Crippen LogP contribution in [0.2, 0.25) is 0 Å². The topological polar surface area (TPSA) is 106 Å². The standard InChI is InChI=1S/C26H21N5O3/c32-26(25-13-14-30(29-25)19-9-6-10-20(15-19)31(33)34)28-16-22(18-7-2-1-3-8-18)23-17-27-24-12-5-4-11-21(23)24/h1-15,17,22,27H,16H2,(H,28,32). The maximum absolute atomic E-state index is 12.9. The molecule has 0 aliphatic rings. The number of fused-ring (bicyclic) bond motifs is 1. The van der Waals surface area contributed by atoms with Crippen LogP contribution in [0.15, 0.2) is 97.3 Å². The number of nitro groups is 1. The van der Waals surface area contributed by atoms with E-state index in [4.69, 9.17) is 0 Å². The fraction of sp³-hybridized carbons (Fsp3) is 0.0769. The van der Waals surface area contributed by atoms with Gasteiger partial charge in [0.15, 0.2) is 5.69 Å². The molecule has 1 unspecified atom stereocenters. The van der Waals surface area contributed by atoms with Crippen LogP contribution in [0, 0.1) is 10.1 Å². The predicted molar refractivity (Wildman–Crippen MR) is 129 cm³/mol. The smallest absolute Gasteiger partial charge is 0.271 e. The molecule has 0 aliphatic carbocycles. The number of H-pyrrole nitrogens is 1. The summed E-state index contributed by atoms with van der Waals surface area (Å²) in [5.41, 5.74) is 3.94. The first-order valence-electron chi connectivity index (χ1n) is 10.8. The molecule has 0 aliphatic heterocycles. The Morgan fingerprint density at radius 1 is 1.03 bits per heavy atom. The normalized spacial score (nSPS) is 11.9. The first-order chi connectivity index (χ1) is 16.6. The molecular formula is C26H21N5O3. The highest BCUT2D eigenvalue weighted by molar-refractivity contribution is 5.92. The van der Waals surface area contributed by atoms with Crippen LogP contribution in [-0.4, -0.2) is 32.1 Å². The first-order valence-corrected chi connectivity index (χ1v) is 10.8. The minimum atomic E-state index is -0.463. The van der Waals surface area contributed by atoms with Gasteiger partial charge in [-0.3, -0.25) is 14.9 Å². The van der Waals surface area contributed by atoms with Crippen LogP contribution in [0.3, 0.4) is 0 Å². The first kappa shape index (κ1) is 21.1. The summed E-state index contributed by atoms with van der Waals surface area (Å²) in [6.07, 6.45) is 3.60. The molecular weight excluding hydrogens is 430 g/mol. The molecule has 0 radical (unpaired) electrons. The molecule has 8 heteroatoms. The van der Waals surface area contributed by atoms with E-state index < -0.39 is 4.92 Å². The number of nitrogens with zero attached hydrogens (tertiary/aromatic N) is 3. The molecule has 5 rings (SSSR count). The summed E-state index contributed by atoms with van der Waals surface area (Å²) < 4.78 is 1.45. The highest BCUT2D eigenvalue weighted by Gasteiger charge is 2.20. The molecule has 168 valence electrons. The van der Waals surface area contributed by atoms with E-state index in [1.54, 1.807) is 24.4 Å². The summed E-state index contributed by atoms with van der Waals surface area (Å²) in [5, 5.41) is 19.5. The highest BCUT2D eigenvalue weighted by atomic mass is 16.6. The SMILES string of the molecule is O=C(NCC(c1ccccc1)c1c[nH]c2ccccc12)c1ccn(-c2cccc([N+](=O)[O-])c2)n1. The lowest BCUT2D eigenvalue weighted by Gasteiger charge is -2.18. The summed E-state index contributed by atoms with van der Waals surface area (Å²) in [4.78, 5) is 26.8. The predicted octanol–water partition coefficient (Wildman–Crippen LogP) is 4.82. The maximum atomic E-state index is 12.9. The zero-order valence-corrected chi connectivity index (χ0v) is 18.1. The molecule has 0 saturated carbocycles. The number of hydrogen-bond donors (Lipinski definition) is 2. The Morgan fingerprint density at radius 3 is 2.65 bits per heavy atom. The van der Waals surface area contributed by atoms with E-state index >= 15 is 0 Å². The van der Waals surface area contributed by atoms with Crippen molar-refractivity contribution in [3.8, 4) is 5.69 Å². The highest BCUT2D eigenvalue weighted by Crippen LogP contribution is 2.30. The van der Waals surface area contributed by atoms with Crippen LogP contribution in [-0.2, 0) is 0 Å². The van der Waals surface area contributed by atoms with Crippen molar-refractivity contribution >= 4 is 22.5 Å². The van der Waals surface area contributed by atoms with Gasteiger partial charge in [0.1, 0.15) is 0 Å². The van der Waals surface area contributed by atoms with Crippen molar-refractivity contribution in [2.45, 2.75) is 5.92 Å². The van der Waals surface area contributed by atoms with Gasteiger partial charge < -0.3 is 10.3 Å². The van der Waals surface area contributed by atoms with Crippen LogP contribution in [0.1, 0.15) is 27.5 Å². The minimum absolute atomic E-state index is 0.0385. The Morgan fingerprint density at radius 2 is 1.82 bits per heavy atom. The molecule has 1 amide bonds. The van der Waals surface area contributed by atoms with Gasteiger partial charge in [-0.05, 0) is 29.3 Å². The number of rotatable bonds is 7. The Bertz CT molecular complexity index is 1470. The average Bonchev–Trinajstić information content (AvgIpc) is 3.53. The lowest BCUT2D eigenvalue weighted by Crippen LogP contribution is -2.29. The van der Waals surface area contributed by atoms with Crippen molar-refractivity contribution < 1.29 is 9.72 Å². The van der Waals surface area contributed by atoms with E-state index in [1.807, 2.05) is 42.6 Å². The van der Waals surface area contributed by atoms with E-state index in [-0.39, 0.29) is 23.2 Å². The molecule has 0 spiro atoms. The zero-order valence-electron chi connectivity index (χ0n) is 18.1. The largest absolute Gasteiger partial charge is 0.361 e. The Kier molecular flexibility index (Phi) is 5.61. The lowest BCUT2D eigenvalue weighted by atomic mass is 9.91. The van der Waals surface area contributed by atoms with Crippen molar-refractivity contribution in [3.63, 3.8) is 0 Å². The molecule has 2 aromatic heterocycles. The number of carbonyl (C=O) groups is 1. The molecule has 5 aromatic rings. The Hall–Kier alpha value is -4.72. The third-order valence-corrected chi connectivity index (χ3v) is 5.79. The van der Waals surface area contributed by atoms with Gasteiger partial charge in [-0.2, -0.15) is 5.10 Å². The summed E-state index contributed by atoms with van der Waals surface area (Å²) in [7, 11) is 0.